The number of carbonyl (C=O) groups is 2. The highest BCUT2D eigenvalue weighted by Crippen LogP contribution is 2.25. The van der Waals surface area contributed by atoms with Crippen molar-refractivity contribution in [3.05, 3.63) is 25.3 Å². The third-order valence-electron chi connectivity index (χ3n) is 3.24. The molecular weight excluding hydrogens is 276 g/mol. The molecule has 0 spiro atoms. The first kappa shape index (κ1) is 17.4. The highest BCUT2D eigenvalue weighted by molar-refractivity contribution is 5.81. The Balaban J connectivity index is 2.56. The molecule has 21 heavy (non-hydrogen) atoms. The molecule has 1 atom stereocenters. The van der Waals surface area contributed by atoms with Crippen molar-refractivity contribution in [1.82, 2.24) is 0 Å². The standard InChI is InChI=1S/C15H22O6/c1-4-13(16)20-10-15(6-3,11-21-14(17)5-2)9-18-7-12-8-19-12/h4-5,12H,1-2,6-11H2,3H3. The number of esters is 2. The number of epoxide rings is 1. The second-order valence-electron chi connectivity index (χ2n) is 4.95. The minimum Gasteiger partial charge on any atom is -0.462 e. The molecule has 0 aromatic rings. The van der Waals surface area contributed by atoms with Gasteiger partial charge in [-0.25, -0.2) is 9.59 Å². The average molecular weight is 298 g/mol. The number of ether oxygens (including phenoxy) is 4. The lowest BCUT2D eigenvalue weighted by atomic mass is 9.88. The predicted octanol–water partition coefficient (Wildman–Crippen LogP) is 1.26. The molecule has 0 aromatic carbocycles. The van der Waals surface area contributed by atoms with Gasteiger partial charge in [-0.15, -0.1) is 0 Å². The van der Waals surface area contributed by atoms with Crippen LogP contribution in [0.1, 0.15) is 13.3 Å². The van der Waals surface area contributed by atoms with Crippen molar-refractivity contribution in [3.63, 3.8) is 0 Å². The van der Waals surface area contributed by atoms with Crippen molar-refractivity contribution in [3.8, 4) is 0 Å². The molecule has 1 rings (SSSR count). The lowest BCUT2D eigenvalue weighted by molar-refractivity contribution is -0.152. The summed E-state index contributed by atoms with van der Waals surface area (Å²) in [6, 6.07) is 0. The van der Waals surface area contributed by atoms with Crippen LogP contribution in [0.4, 0.5) is 0 Å². The fourth-order valence-corrected chi connectivity index (χ4v) is 1.57. The molecule has 6 nitrogen and oxygen atoms in total. The van der Waals surface area contributed by atoms with Crippen molar-refractivity contribution >= 4 is 11.9 Å². The van der Waals surface area contributed by atoms with E-state index < -0.39 is 17.4 Å². The maximum atomic E-state index is 11.2. The minimum absolute atomic E-state index is 0.0876. The van der Waals surface area contributed by atoms with Crippen LogP contribution in [0.2, 0.25) is 0 Å². The van der Waals surface area contributed by atoms with Crippen LogP contribution in [0, 0.1) is 5.41 Å². The highest BCUT2D eigenvalue weighted by atomic mass is 16.6. The minimum atomic E-state index is -0.591. The van der Waals surface area contributed by atoms with Gasteiger partial charge in [0.05, 0.1) is 25.2 Å². The summed E-state index contributed by atoms with van der Waals surface area (Å²) in [5.74, 6) is -1.04. The van der Waals surface area contributed by atoms with Crippen LogP contribution in [-0.4, -0.2) is 51.1 Å². The summed E-state index contributed by atoms with van der Waals surface area (Å²) in [6.07, 6.45) is 2.95. The maximum absolute atomic E-state index is 11.2. The van der Waals surface area contributed by atoms with Gasteiger partial charge >= 0.3 is 11.9 Å². The molecule has 6 heteroatoms. The predicted molar refractivity (Wildman–Crippen MR) is 75.6 cm³/mol. The molecule has 1 heterocycles. The first-order valence-corrected chi connectivity index (χ1v) is 6.83. The SMILES string of the molecule is C=CC(=O)OCC(CC)(COCC1CO1)COC(=O)C=C. The van der Waals surface area contributed by atoms with Gasteiger partial charge < -0.3 is 18.9 Å². The molecule has 1 unspecified atom stereocenters. The zero-order chi connectivity index (χ0) is 15.7. The fraction of sp³-hybridized carbons (Fsp3) is 0.600. The first-order chi connectivity index (χ1) is 10.0. The second kappa shape index (κ2) is 8.59. The third kappa shape index (κ3) is 6.55. The summed E-state index contributed by atoms with van der Waals surface area (Å²) in [5.41, 5.74) is -0.591. The lowest BCUT2D eigenvalue weighted by Crippen LogP contribution is -2.38. The molecule has 1 aliphatic rings. The molecule has 1 fully saturated rings. The summed E-state index contributed by atoms with van der Waals surface area (Å²) in [4.78, 5) is 22.5. The molecule has 1 aliphatic heterocycles. The first-order valence-electron chi connectivity index (χ1n) is 6.83. The third-order valence-corrected chi connectivity index (χ3v) is 3.24. The van der Waals surface area contributed by atoms with Gasteiger partial charge in [0.15, 0.2) is 0 Å². The largest absolute Gasteiger partial charge is 0.462 e. The van der Waals surface area contributed by atoms with E-state index in [-0.39, 0.29) is 19.3 Å². The van der Waals surface area contributed by atoms with Gasteiger partial charge in [-0.3, -0.25) is 0 Å². The van der Waals surface area contributed by atoms with Gasteiger partial charge in [0.1, 0.15) is 19.3 Å². The van der Waals surface area contributed by atoms with Crippen LogP contribution in [0.15, 0.2) is 25.3 Å². The topological polar surface area (TPSA) is 74.4 Å². The quantitative estimate of drug-likeness (QED) is 0.325. The van der Waals surface area contributed by atoms with Gasteiger partial charge in [0, 0.05) is 12.2 Å². The Morgan fingerprint density at radius 3 is 2.10 bits per heavy atom. The van der Waals surface area contributed by atoms with E-state index in [0.29, 0.717) is 26.2 Å². The van der Waals surface area contributed by atoms with E-state index >= 15 is 0 Å². The molecule has 0 bridgehead atoms. The normalized spacial score (nSPS) is 16.9. The Labute approximate surface area is 124 Å². The molecular formula is C15H22O6. The van der Waals surface area contributed by atoms with Gasteiger partial charge in [0.2, 0.25) is 0 Å². The Bertz CT molecular complexity index is 362. The summed E-state index contributed by atoms with van der Waals surface area (Å²) < 4.78 is 20.9. The fourth-order valence-electron chi connectivity index (χ4n) is 1.57. The number of hydrogen-bond donors (Lipinski definition) is 0. The van der Waals surface area contributed by atoms with Crippen molar-refractivity contribution in [2.45, 2.75) is 19.4 Å². The monoisotopic (exact) mass is 298 g/mol. The van der Waals surface area contributed by atoms with Crippen LogP contribution >= 0.6 is 0 Å². The van der Waals surface area contributed by atoms with Crippen LogP contribution in [-0.2, 0) is 28.5 Å². The summed E-state index contributed by atoms with van der Waals surface area (Å²) in [5, 5.41) is 0. The Morgan fingerprint density at radius 2 is 1.71 bits per heavy atom. The zero-order valence-corrected chi connectivity index (χ0v) is 12.3. The molecule has 1 saturated heterocycles. The van der Waals surface area contributed by atoms with Crippen LogP contribution in [0.3, 0.4) is 0 Å². The second-order valence-corrected chi connectivity index (χ2v) is 4.95. The van der Waals surface area contributed by atoms with E-state index in [1.54, 1.807) is 0 Å². The Kier molecular flexibility index (Phi) is 7.11. The van der Waals surface area contributed by atoms with E-state index in [4.69, 9.17) is 18.9 Å². The average Bonchev–Trinajstić information content (AvgIpc) is 3.33. The van der Waals surface area contributed by atoms with E-state index in [9.17, 15) is 9.59 Å². The maximum Gasteiger partial charge on any atom is 0.330 e. The van der Waals surface area contributed by atoms with E-state index in [2.05, 4.69) is 13.2 Å². The van der Waals surface area contributed by atoms with E-state index in [1.807, 2.05) is 6.92 Å². The van der Waals surface area contributed by atoms with Gasteiger partial charge in [0.25, 0.3) is 0 Å². The summed E-state index contributed by atoms with van der Waals surface area (Å²) >= 11 is 0. The van der Waals surface area contributed by atoms with Crippen molar-refractivity contribution < 1.29 is 28.5 Å². The molecule has 0 amide bonds. The Hall–Kier alpha value is -1.66. The number of rotatable bonds is 11. The van der Waals surface area contributed by atoms with Crippen molar-refractivity contribution in [1.29, 1.82) is 0 Å². The smallest absolute Gasteiger partial charge is 0.330 e. The molecule has 0 saturated carbocycles. The van der Waals surface area contributed by atoms with E-state index in [1.165, 1.54) is 0 Å². The summed E-state index contributed by atoms with van der Waals surface area (Å²) in [7, 11) is 0. The molecule has 0 aromatic heterocycles. The van der Waals surface area contributed by atoms with Crippen LogP contribution in [0.25, 0.3) is 0 Å². The zero-order valence-electron chi connectivity index (χ0n) is 12.3. The molecule has 118 valence electrons. The molecule has 0 radical (unpaired) electrons. The number of hydrogen-bond acceptors (Lipinski definition) is 6. The van der Waals surface area contributed by atoms with Crippen LogP contribution < -0.4 is 0 Å². The van der Waals surface area contributed by atoms with Gasteiger partial charge in [-0.2, -0.15) is 0 Å². The van der Waals surface area contributed by atoms with E-state index in [0.717, 1.165) is 12.2 Å². The highest BCUT2D eigenvalue weighted by Gasteiger charge is 2.33. The molecule has 0 aliphatic carbocycles. The Morgan fingerprint density at radius 1 is 1.19 bits per heavy atom. The van der Waals surface area contributed by atoms with Crippen LogP contribution in [0.5, 0.6) is 0 Å². The summed E-state index contributed by atoms with van der Waals surface area (Å²) in [6.45, 7) is 10.3. The lowest BCUT2D eigenvalue weighted by Gasteiger charge is -2.31. The van der Waals surface area contributed by atoms with Crippen molar-refractivity contribution in [2.75, 3.05) is 33.0 Å². The van der Waals surface area contributed by atoms with Crippen molar-refractivity contribution in [2.24, 2.45) is 5.41 Å². The number of carbonyl (C=O) groups excluding carboxylic acids is 2. The van der Waals surface area contributed by atoms with Gasteiger partial charge in [-0.05, 0) is 6.42 Å². The molecule has 0 N–H and O–H groups in total. The van der Waals surface area contributed by atoms with Gasteiger partial charge in [-0.1, -0.05) is 20.1 Å².